The summed E-state index contributed by atoms with van der Waals surface area (Å²) >= 11 is 12.1. The smallest absolute Gasteiger partial charge is 0.329 e. The monoisotopic (exact) mass is 554 g/mol. The Bertz CT molecular complexity index is 1420. The predicted molar refractivity (Wildman–Crippen MR) is 146 cm³/mol. The van der Waals surface area contributed by atoms with Crippen LogP contribution in [0.1, 0.15) is 29.2 Å². The molecule has 3 amide bonds. The van der Waals surface area contributed by atoms with Gasteiger partial charge in [0.15, 0.2) is 11.5 Å². The first-order valence-corrected chi connectivity index (χ1v) is 12.6. The number of rotatable bonds is 10. The summed E-state index contributed by atoms with van der Waals surface area (Å²) in [6, 6.07) is 14.2. The molecule has 0 aromatic heterocycles. The van der Waals surface area contributed by atoms with Crippen LogP contribution in [0.15, 0.2) is 72.9 Å². The molecule has 0 aliphatic carbocycles. The molecule has 1 heterocycles. The van der Waals surface area contributed by atoms with Crippen molar-refractivity contribution in [3.05, 3.63) is 111 Å². The number of hydrogen-bond acceptors (Lipinski definition) is 4. The molecule has 0 atom stereocenters. The molecule has 38 heavy (non-hydrogen) atoms. The minimum absolute atomic E-state index is 0.0721. The molecule has 0 spiro atoms. The average molecular weight is 555 g/mol. The summed E-state index contributed by atoms with van der Waals surface area (Å²) in [6.45, 7) is 6.10. The van der Waals surface area contributed by atoms with E-state index in [1.54, 1.807) is 42.5 Å². The highest BCUT2D eigenvalue weighted by atomic mass is 35.5. The van der Waals surface area contributed by atoms with Crippen LogP contribution in [0.2, 0.25) is 10.0 Å². The van der Waals surface area contributed by atoms with Gasteiger partial charge in [-0.15, -0.1) is 6.58 Å². The van der Waals surface area contributed by atoms with Crippen molar-refractivity contribution in [2.75, 3.05) is 6.61 Å². The fourth-order valence-electron chi connectivity index (χ4n) is 3.96. The van der Waals surface area contributed by atoms with Crippen LogP contribution in [0.4, 0.5) is 9.18 Å². The topological polar surface area (TPSA) is 67.9 Å². The van der Waals surface area contributed by atoms with Gasteiger partial charge in [-0.1, -0.05) is 53.5 Å². The lowest BCUT2D eigenvalue weighted by atomic mass is 10.0. The van der Waals surface area contributed by atoms with Gasteiger partial charge >= 0.3 is 6.03 Å². The quantitative estimate of drug-likeness (QED) is 0.167. The standard InChI is InChI=1S/C29H25Cl2FN2O4/c1-3-7-20-12-19(14-25-28(35)34(29(36)33-25)16-21-8-5-6-9-24(21)32)15-26(37-4-2)27(20)38-17-18-10-11-22(30)23(31)13-18/h3,5-6,8-15H,1,4,7,16-17H2,2H3,(H,33,36)/b25-14+. The zero-order valence-electron chi connectivity index (χ0n) is 20.6. The number of benzene rings is 3. The number of carbonyl (C=O) groups is 2. The van der Waals surface area contributed by atoms with Crippen molar-refractivity contribution in [1.82, 2.24) is 10.2 Å². The van der Waals surface area contributed by atoms with Crippen LogP contribution < -0.4 is 14.8 Å². The number of imide groups is 1. The van der Waals surface area contributed by atoms with Crippen molar-refractivity contribution in [2.45, 2.75) is 26.5 Å². The Morgan fingerprint density at radius 1 is 1.03 bits per heavy atom. The maximum absolute atomic E-state index is 14.1. The molecule has 0 radical (unpaired) electrons. The van der Waals surface area contributed by atoms with Crippen LogP contribution in [0, 0.1) is 5.82 Å². The van der Waals surface area contributed by atoms with Crippen molar-refractivity contribution in [3.63, 3.8) is 0 Å². The maximum Gasteiger partial charge on any atom is 0.329 e. The molecule has 0 bridgehead atoms. The second-order valence-corrected chi connectivity index (χ2v) is 9.26. The number of carbonyl (C=O) groups excluding carboxylic acids is 2. The first-order chi connectivity index (χ1) is 18.3. The summed E-state index contributed by atoms with van der Waals surface area (Å²) in [5.41, 5.74) is 2.53. The van der Waals surface area contributed by atoms with E-state index in [0.717, 1.165) is 16.0 Å². The van der Waals surface area contributed by atoms with Crippen LogP contribution in [0.25, 0.3) is 6.08 Å². The molecule has 0 saturated carbocycles. The van der Waals surface area contributed by atoms with E-state index in [0.29, 0.717) is 40.1 Å². The molecule has 4 rings (SSSR count). The molecule has 1 N–H and O–H groups in total. The molecule has 9 heteroatoms. The molecule has 6 nitrogen and oxygen atoms in total. The number of hydrogen-bond donors (Lipinski definition) is 1. The van der Waals surface area contributed by atoms with E-state index in [1.807, 2.05) is 19.1 Å². The highest BCUT2D eigenvalue weighted by Crippen LogP contribution is 2.36. The second-order valence-electron chi connectivity index (χ2n) is 8.44. The van der Waals surface area contributed by atoms with Crippen LogP contribution in [-0.2, 0) is 24.4 Å². The van der Waals surface area contributed by atoms with Crippen molar-refractivity contribution < 1.29 is 23.5 Å². The van der Waals surface area contributed by atoms with Crippen molar-refractivity contribution >= 4 is 41.2 Å². The van der Waals surface area contributed by atoms with Gasteiger partial charge < -0.3 is 14.8 Å². The Kier molecular flexibility index (Phi) is 8.71. The Morgan fingerprint density at radius 2 is 1.82 bits per heavy atom. The molecule has 3 aromatic rings. The summed E-state index contributed by atoms with van der Waals surface area (Å²) in [7, 11) is 0. The SMILES string of the molecule is C=CCc1cc(/C=C2/NC(=O)N(Cc3ccccc3F)C2=O)cc(OCC)c1OCc1ccc(Cl)c(Cl)c1. The van der Waals surface area contributed by atoms with Crippen molar-refractivity contribution in [2.24, 2.45) is 0 Å². The molecule has 196 valence electrons. The van der Waals surface area contributed by atoms with E-state index in [-0.39, 0.29) is 24.4 Å². The van der Waals surface area contributed by atoms with Gasteiger partial charge in [0.2, 0.25) is 0 Å². The van der Waals surface area contributed by atoms with Gasteiger partial charge in [0, 0.05) is 11.1 Å². The number of ether oxygens (including phenoxy) is 2. The zero-order chi connectivity index (χ0) is 27.2. The van der Waals surface area contributed by atoms with E-state index >= 15 is 0 Å². The van der Waals surface area contributed by atoms with Gasteiger partial charge in [0.05, 0.1) is 23.2 Å². The molecule has 0 unspecified atom stereocenters. The highest BCUT2D eigenvalue weighted by molar-refractivity contribution is 6.42. The normalized spacial score (nSPS) is 14.1. The minimum Gasteiger partial charge on any atom is -0.490 e. The van der Waals surface area contributed by atoms with E-state index in [9.17, 15) is 14.0 Å². The molecule has 1 fully saturated rings. The molecular weight excluding hydrogens is 530 g/mol. The third-order valence-electron chi connectivity index (χ3n) is 5.74. The number of amides is 3. The second kappa shape index (κ2) is 12.2. The summed E-state index contributed by atoms with van der Waals surface area (Å²) in [5, 5.41) is 3.46. The predicted octanol–water partition coefficient (Wildman–Crippen LogP) is 6.93. The Morgan fingerprint density at radius 3 is 2.53 bits per heavy atom. The number of nitrogens with zero attached hydrogens (tertiary/aromatic N) is 1. The van der Waals surface area contributed by atoms with Gasteiger partial charge in [0.1, 0.15) is 18.1 Å². The maximum atomic E-state index is 14.1. The van der Waals surface area contributed by atoms with Gasteiger partial charge in [-0.2, -0.15) is 0 Å². The van der Waals surface area contributed by atoms with Gasteiger partial charge in [-0.3, -0.25) is 9.69 Å². The first-order valence-electron chi connectivity index (χ1n) is 11.9. The average Bonchev–Trinajstić information content (AvgIpc) is 3.14. The molecule has 1 aliphatic heterocycles. The van der Waals surface area contributed by atoms with Crippen molar-refractivity contribution in [3.8, 4) is 11.5 Å². The Balaban J connectivity index is 1.62. The van der Waals surface area contributed by atoms with Crippen molar-refractivity contribution in [1.29, 1.82) is 0 Å². The third-order valence-corrected chi connectivity index (χ3v) is 6.48. The van der Waals surface area contributed by atoms with Crippen LogP contribution in [0.3, 0.4) is 0 Å². The fraction of sp³-hybridized carbons (Fsp3) is 0.172. The van der Waals surface area contributed by atoms with Crippen LogP contribution >= 0.6 is 23.2 Å². The highest BCUT2D eigenvalue weighted by Gasteiger charge is 2.34. The molecule has 3 aromatic carbocycles. The van der Waals surface area contributed by atoms with Gasteiger partial charge in [0.25, 0.3) is 5.91 Å². The van der Waals surface area contributed by atoms with E-state index < -0.39 is 17.8 Å². The van der Waals surface area contributed by atoms with Gasteiger partial charge in [-0.25, -0.2) is 9.18 Å². The Hall–Kier alpha value is -3.81. The fourth-order valence-corrected chi connectivity index (χ4v) is 4.29. The molecule has 1 aliphatic rings. The van der Waals surface area contributed by atoms with Gasteiger partial charge in [-0.05, 0) is 60.9 Å². The zero-order valence-corrected chi connectivity index (χ0v) is 22.1. The number of urea groups is 1. The summed E-state index contributed by atoms with van der Waals surface area (Å²) in [4.78, 5) is 26.5. The minimum atomic E-state index is -0.623. The summed E-state index contributed by atoms with van der Waals surface area (Å²) < 4.78 is 26.1. The Labute approximate surface area is 230 Å². The van der Waals surface area contributed by atoms with Crippen LogP contribution in [0.5, 0.6) is 11.5 Å². The number of nitrogens with one attached hydrogen (secondary N) is 1. The lowest BCUT2D eigenvalue weighted by Gasteiger charge is -2.17. The van der Waals surface area contributed by atoms with E-state index in [1.165, 1.54) is 12.1 Å². The van der Waals surface area contributed by atoms with E-state index in [2.05, 4.69) is 11.9 Å². The third kappa shape index (κ3) is 6.18. The molecular formula is C29H25Cl2FN2O4. The number of allylic oxidation sites excluding steroid dienone is 1. The molecule has 1 saturated heterocycles. The summed E-state index contributed by atoms with van der Waals surface area (Å²) in [5.74, 6) is -0.0412. The van der Waals surface area contributed by atoms with E-state index in [4.69, 9.17) is 32.7 Å². The largest absolute Gasteiger partial charge is 0.490 e. The lowest BCUT2D eigenvalue weighted by Crippen LogP contribution is -2.30. The lowest BCUT2D eigenvalue weighted by molar-refractivity contribution is -0.123. The first kappa shape index (κ1) is 27.2. The number of halogens is 3. The summed E-state index contributed by atoms with van der Waals surface area (Å²) in [6.07, 6.45) is 3.75. The van der Waals surface area contributed by atoms with Crippen LogP contribution in [-0.4, -0.2) is 23.4 Å².